The van der Waals surface area contributed by atoms with Gasteiger partial charge in [0, 0.05) is 12.1 Å². The van der Waals surface area contributed by atoms with E-state index in [9.17, 15) is 23.3 Å². The van der Waals surface area contributed by atoms with Crippen molar-refractivity contribution in [1.82, 2.24) is 0 Å². The zero-order valence-electron chi connectivity index (χ0n) is 12.0. The third-order valence-corrected chi connectivity index (χ3v) is 6.89. The van der Waals surface area contributed by atoms with Gasteiger partial charge in [0.05, 0.1) is 20.3 Å². The van der Waals surface area contributed by atoms with Crippen LogP contribution >= 0.6 is 31.9 Å². The van der Waals surface area contributed by atoms with Crippen molar-refractivity contribution in [2.75, 3.05) is 0 Å². The largest absolute Gasteiger partial charge is 0.358 e. The monoisotopic (exact) mass is 480 g/mol. The summed E-state index contributed by atoms with van der Waals surface area (Å²) in [5.41, 5.74) is 0.478. The van der Waals surface area contributed by atoms with E-state index >= 15 is 0 Å². The lowest BCUT2D eigenvalue weighted by molar-refractivity contribution is -0.384. The van der Waals surface area contributed by atoms with E-state index in [1.165, 1.54) is 6.08 Å². The number of benzene rings is 1. The first-order chi connectivity index (χ1) is 11.1. The molecule has 1 aromatic rings. The fourth-order valence-electron chi connectivity index (χ4n) is 1.86. The number of oxime groups is 1. The van der Waals surface area contributed by atoms with Gasteiger partial charge in [0.2, 0.25) is 0 Å². The highest BCUT2D eigenvalue weighted by atomic mass is 79.9. The second-order valence-corrected chi connectivity index (χ2v) is 8.29. The molecule has 2 unspecified atom stereocenters. The molecule has 0 saturated carbocycles. The van der Waals surface area contributed by atoms with Crippen LogP contribution in [-0.4, -0.2) is 34.5 Å². The van der Waals surface area contributed by atoms with E-state index < -0.39 is 24.7 Å². The molecule has 0 bridgehead atoms. The topological polar surface area (TPSA) is 116 Å². The molecular formula is C13H10Br2N2O6S. The summed E-state index contributed by atoms with van der Waals surface area (Å²) in [6.45, 7) is 1.60. The van der Waals surface area contributed by atoms with Crippen LogP contribution in [0.4, 0.5) is 5.69 Å². The lowest BCUT2D eigenvalue weighted by Crippen LogP contribution is -2.35. The Morgan fingerprint density at radius 2 is 1.79 bits per heavy atom. The zero-order chi connectivity index (χ0) is 18.1. The molecule has 0 N–H and O–H groups in total. The van der Waals surface area contributed by atoms with Crippen LogP contribution in [0.1, 0.15) is 6.92 Å². The minimum Gasteiger partial charge on any atom is -0.294 e. The summed E-state index contributed by atoms with van der Waals surface area (Å²) in [6, 6.07) is 4.21. The van der Waals surface area contributed by atoms with Gasteiger partial charge >= 0.3 is 10.1 Å². The number of nitro benzene ring substituents is 1. The third-order valence-electron chi connectivity index (χ3n) is 3.12. The molecule has 1 aromatic carbocycles. The van der Waals surface area contributed by atoms with Crippen LogP contribution in [0.2, 0.25) is 0 Å². The summed E-state index contributed by atoms with van der Waals surface area (Å²) in [6.07, 6.45) is 1.33. The number of rotatable bonds is 4. The molecule has 8 nitrogen and oxygen atoms in total. The number of carbonyl (C=O) groups is 1. The molecule has 128 valence electrons. The van der Waals surface area contributed by atoms with Gasteiger partial charge in [0.1, 0.15) is 4.90 Å². The second-order valence-electron chi connectivity index (χ2n) is 4.79. The van der Waals surface area contributed by atoms with Gasteiger partial charge in [-0.1, -0.05) is 37.0 Å². The zero-order valence-corrected chi connectivity index (χ0v) is 16.0. The van der Waals surface area contributed by atoms with Gasteiger partial charge < -0.3 is 0 Å². The highest BCUT2D eigenvalue weighted by molar-refractivity contribution is 9.12. The Kier molecular flexibility index (Phi) is 5.56. The number of nitro groups is 1. The number of alkyl halides is 2. The van der Waals surface area contributed by atoms with E-state index in [-0.39, 0.29) is 22.1 Å². The van der Waals surface area contributed by atoms with Crippen LogP contribution in [0.5, 0.6) is 0 Å². The number of allylic oxidation sites excluding steroid dienone is 2. The van der Waals surface area contributed by atoms with E-state index in [0.29, 0.717) is 5.57 Å². The first-order valence-corrected chi connectivity index (χ1v) is 9.64. The molecule has 0 fully saturated rings. The van der Waals surface area contributed by atoms with Crippen molar-refractivity contribution < 1.29 is 22.4 Å². The molecule has 1 aliphatic carbocycles. The molecule has 1 aliphatic rings. The number of non-ortho nitro benzene ring substituents is 1. The van der Waals surface area contributed by atoms with Crippen LogP contribution in [0.3, 0.4) is 0 Å². The summed E-state index contributed by atoms with van der Waals surface area (Å²) in [5, 5.41) is 14.2. The van der Waals surface area contributed by atoms with E-state index in [4.69, 9.17) is 0 Å². The lowest BCUT2D eigenvalue weighted by atomic mass is 9.97. The Morgan fingerprint density at radius 1 is 1.21 bits per heavy atom. The molecule has 11 heteroatoms. The minimum absolute atomic E-state index is 0.174. The average Bonchev–Trinajstić information content (AvgIpc) is 2.52. The van der Waals surface area contributed by atoms with Crippen molar-refractivity contribution in [3.63, 3.8) is 0 Å². The molecule has 0 aliphatic heterocycles. The maximum absolute atomic E-state index is 12.1. The molecule has 0 radical (unpaired) electrons. The van der Waals surface area contributed by atoms with Gasteiger partial charge in [-0.3, -0.25) is 19.2 Å². The highest BCUT2D eigenvalue weighted by Gasteiger charge is 2.33. The Labute approximate surface area is 154 Å². The van der Waals surface area contributed by atoms with Gasteiger partial charge in [-0.15, -0.1) is 0 Å². The number of nitrogens with zero attached hydrogens (tertiary/aromatic N) is 2. The molecule has 0 spiro atoms. The molecule has 24 heavy (non-hydrogen) atoms. The summed E-state index contributed by atoms with van der Waals surface area (Å²) in [5.74, 6) is -0.174. The number of carbonyl (C=O) groups excluding carboxylic acids is 1. The second kappa shape index (κ2) is 7.11. The van der Waals surface area contributed by atoms with Gasteiger partial charge in [-0.2, -0.15) is 8.42 Å². The maximum atomic E-state index is 12.1. The van der Waals surface area contributed by atoms with E-state index in [1.807, 2.05) is 0 Å². The first-order valence-electron chi connectivity index (χ1n) is 6.40. The predicted molar refractivity (Wildman–Crippen MR) is 93.0 cm³/mol. The number of halogens is 2. The van der Waals surface area contributed by atoms with Crippen molar-refractivity contribution in [3.8, 4) is 0 Å². The van der Waals surface area contributed by atoms with Crippen molar-refractivity contribution in [3.05, 3.63) is 46.0 Å². The van der Waals surface area contributed by atoms with Gasteiger partial charge in [0.25, 0.3) is 5.69 Å². The summed E-state index contributed by atoms with van der Waals surface area (Å²) >= 11 is 6.44. The molecule has 0 saturated heterocycles. The molecule has 2 rings (SSSR count). The highest BCUT2D eigenvalue weighted by Crippen LogP contribution is 2.27. The number of ketones is 1. The van der Waals surface area contributed by atoms with Crippen molar-refractivity contribution in [2.24, 2.45) is 5.16 Å². The van der Waals surface area contributed by atoms with E-state index in [1.54, 1.807) is 6.92 Å². The average molecular weight is 482 g/mol. The van der Waals surface area contributed by atoms with Crippen LogP contribution < -0.4 is 0 Å². The molecule has 2 atom stereocenters. The van der Waals surface area contributed by atoms with Gasteiger partial charge in [-0.25, -0.2) is 0 Å². The molecular weight excluding hydrogens is 472 g/mol. The van der Waals surface area contributed by atoms with Gasteiger partial charge in [0.15, 0.2) is 5.78 Å². The molecule has 0 heterocycles. The van der Waals surface area contributed by atoms with Crippen LogP contribution in [-0.2, 0) is 19.2 Å². The lowest BCUT2D eigenvalue weighted by Gasteiger charge is -2.21. The third kappa shape index (κ3) is 3.90. The summed E-state index contributed by atoms with van der Waals surface area (Å²) in [4.78, 5) is 20.2. The van der Waals surface area contributed by atoms with Crippen molar-refractivity contribution >= 4 is 59.2 Å². The maximum Gasteiger partial charge on any atom is 0.358 e. The number of hydrogen-bond acceptors (Lipinski definition) is 7. The predicted octanol–water partition coefficient (Wildman–Crippen LogP) is 2.71. The van der Waals surface area contributed by atoms with Crippen LogP contribution in [0.25, 0.3) is 0 Å². The molecule has 0 aromatic heterocycles. The smallest absolute Gasteiger partial charge is 0.294 e. The Hall–Kier alpha value is -1.59. The summed E-state index contributed by atoms with van der Waals surface area (Å²) < 4.78 is 28.9. The summed E-state index contributed by atoms with van der Waals surface area (Å²) in [7, 11) is -4.24. The Balaban J connectivity index is 2.27. The Morgan fingerprint density at radius 3 is 2.33 bits per heavy atom. The quantitative estimate of drug-likeness (QED) is 0.370. The fourth-order valence-corrected chi connectivity index (χ4v) is 3.68. The fraction of sp³-hybridized carbons (Fsp3) is 0.231. The number of hydrogen-bond donors (Lipinski definition) is 0. The van der Waals surface area contributed by atoms with E-state index in [0.717, 1.165) is 24.3 Å². The van der Waals surface area contributed by atoms with Crippen LogP contribution in [0.15, 0.2) is 46.0 Å². The molecule has 0 amide bonds. The Bertz CT molecular complexity index is 848. The van der Waals surface area contributed by atoms with E-state index in [2.05, 4.69) is 41.3 Å². The minimum atomic E-state index is -4.24. The van der Waals surface area contributed by atoms with Gasteiger partial charge in [-0.05, 0) is 30.7 Å². The van der Waals surface area contributed by atoms with Crippen molar-refractivity contribution in [1.29, 1.82) is 0 Å². The standard InChI is InChI=1S/C13H10Br2N2O6S/c1-7-6-10(18)11(14)12(15)13(7)16-23-24(21,22)9-4-2-8(3-5-9)17(19)20/h2-6,11-12H,1H3/b16-13-. The SMILES string of the molecule is CC1=CC(=O)C(Br)C(Br)/C1=N\OS(=O)(=O)c1ccc([N+](=O)[O-])cc1. The van der Waals surface area contributed by atoms with Crippen LogP contribution in [0, 0.1) is 10.1 Å². The normalized spacial score (nSPS) is 23.0. The first kappa shape index (κ1) is 18.7. The van der Waals surface area contributed by atoms with Crippen molar-refractivity contribution in [2.45, 2.75) is 21.5 Å².